The number of nitrogens with one attached hydrogen (secondary N) is 2. The van der Waals surface area contributed by atoms with Crippen molar-refractivity contribution in [3.8, 4) is 0 Å². The Kier molecular flexibility index (Phi) is 3.73. The first kappa shape index (κ1) is 13.6. The molecule has 1 fully saturated rings. The van der Waals surface area contributed by atoms with Crippen molar-refractivity contribution < 1.29 is 14.5 Å². The fourth-order valence-corrected chi connectivity index (χ4v) is 1.85. The van der Waals surface area contributed by atoms with Gasteiger partial charge < -0.3 is 10.2 Å². The molecule has 1 aromatic heterocycles. The van der Waals surface area contributed by atoms with Gasteiger partial charge in [-0.2, -0.15) is 0 Å². The van der Waals surface area contributed by atoms with Crippen LogP contribution in [-0.4, -0.2) is 46.3 Å². The average molecular weight is 280 g/mol. The summed E-state index contributed by atoms with van der Waals surface area (Å²) in [6.45, 7) is 1.87. The van der Waals surface area contributed by atoms with E-state index in [1.807, 2.05) is 0 Å². The van der Waals surface area contributed by atoms with Gasteiger partial charge in [0.05, 0.1) is 18.0 Å². The Morgan fingerprint density at radius 1 is 1.40 bits per heavy atom. The van der Waals surface area contributed by atoms with E-state index in [-0.39, 0.29) is 30.4 Å². The molecule has 106 valence electrons. The molecule has 0 atom stereocenters. The molecule has 0 spiro atoms. The summed E-state index contributed by atoms with van der Waals surface area (Å²) in [6, 6.07) is 0. The molecule has 0 radical (unpaired) electrons. The molecule has 0 saturated carbocycles. The number of nitro groups is 1. The highest BCUT2D eigenvalue weighted by Crippen LogP contribution is 2.31. The monoisotopic (exact) mass is 280 g/mol. The second-order valence-electron chi connectivity index (χ2n) is 4.01. The molecular weight excluding hydrogens is 268 g/mol. The second-order valence-corrected chi connectivity index (χ2v) is 4.01. The summed E-state index contributed by atoms with van der Waals surface area (Å²) in [6.07, 6.45) is 1.15. The van der Waals surface area contributed by atoms with Gasteiger partial charge in [-0.3, -0.25) is 25.0 Å². The number of hydrogen-bond acceptors (Lipinski definition) is 8. The first-order valence-electron chi connectivity index (χ1n) is 5.83. The molecule has 10 nitrogen and oxygen atoms in total. The van der Waals surface area contributed by atoms with Crippen LogP contribution in [0.4, 0.5) is 17.3 Å². The Morgan fingerprint density at radius 3 is 2.60 bits per heavy atom. The van der Waals surface area contributed by atoms with E-state index >= 15 is 0 Å². The molecule has 2 amide bonds. The van der Waals surface area contributed by atoms with Crippen LogP contribution < -0.4 is 15.5 Å². The van der Waals surface area contributed by atoms with Crippen molar-refractivity contribution in [3.05, 3.63) is 16.4 Å². The van der Waals surface area contributed by atoms with Crippen molar-refractivity contribution in [2.45, 2.75) is 6.92 Å². The molecular formula is C10H12N6O4. The fourth-order valence-electron chi connectivity index (χ4n) is 1.85. The van der Waals surface area contributed by atoms with E-state index in [4.69, 9.17) is 0 Å². The number of carbonyl (C=O) groups excluding carboxylic acids is 2. The number of nitrogens with zero attached hydrogens (tertiary/aromatic N) is 4. The van der Waals surface area contributed by atoms with E-state index in [1.165, 1.54) is 4.90 Å². The van der Waals surface area contributed by atoms with Crippen LogP contribution in [0.15, 0.2) is 6.33 Å². The molecule has 0 bridgehead atoms. The molecule has 1 aliphatic heterocycles. The van der Waals surface area contributed by atoms with Crippen LogP contribution in [0.25, 0.3) is 0 Å². The molecule has 0 unspecified atom stereocenters. The molecule has 1 saturated heterocycles. The second kappa shape index (κ2) is 5.47. The van der Waals surface area contributed by atoms with E-state index in [9.17, 15) is 19.7 Å². The molecule has 20 heavy (non-hydrogen) atoms. The third-order valence-electron chi connectivity index (χ3n) is 2.58. The first-order chi connectivity index (χ1) is 9.52. The van der Waals surface area contributed by atoms with Gasteiger partial charge in [0, 0.05) is 6.54 Å². The van der Waals surface area contributed by atoms with Crippen molar-refractivity contribution in [2.24, 2.45) is 0 Å². The first-order valence-corrected chi connectivity index (χ1v) is 5.83. The van der Waals surface area contributed by atoms with Gasteiger partial charge in [-0.15, -0.1) is 0 Å². The lowest BCUT2D eigenvalue weighted by molar-refractivity contribution is -0.383. The fraction of sp³-hybridized carbons (Fsp3) is 0.400. The minimum absolute atomic E-state index is 0.0517. The summed E-state index contributed by atoms with van der Waals surface area (Å²) >= 11 is 0. The highest BCUT2D eigenvalue weighted by atomic mass is 16.6. The standard InChI is InChI=1S/C10H12N6O4/c1-2-11-9-8(16(19)20)10(13-5-12-9)15-3-6(17)14-7(18)4-15/h5H,2-4H2,1H3,(H,11,12,13)(H,14,17,18). The van der Waals surface area contributed by atoms with Crippen molar-refractivity contribution in [2.75, 3.05) is 29.9 Å². The number of rotatable bonds is 4. The van der Waals surface area contributed by atoms with Gasteiger partial charge in [0.1, 0.15) is 6.33 Å². The minimum atomic E-state index is -0.635. The summed E-state index contributed by atoms with van der Waals surface area (Å²) in [5, 5.41) is 16.1. The van der Waals surface area contributed by atoms with Crippen LogP contribution in [0.1, 0.15) is 6.92 Å². The number of imide groups is 1. The number of hydrogen-bond donors (Lipinski definition) is 2. The number of amides is 2. The topological polar surface area (TPSA) is 130 Å². The Hall–Kier alpha value is -2.78. The molecule has 2 N–H and O–H groups in total. The van der Waals surface area contributed by atoms with Gasteiger partial charge in [0.25, 0.3) is 0 Å². The average Bonchev–Trinajstić information content (AvgIpc) is 2.37. The van der Waals surface area contributed by atoms with E-state index in [2.05, 4.69) is 20.6 Å². The van der Waals surface area contributed by atoms with Crippen molar-refractivity contribution >= 4 is 29.1 Å². The number of aromatic nitrogens is 2. The van der Waals surface area contributed by atoms with Crippen LogP contribution in [0.5, 0.6) is 0 Å². The minimum Gasteiger partial charge on any atom is -0.364 e. The lowest BCUT2D eigenvalue weighted by atomic mass is 10.3. The third kappa shape index (κ3) is 2.63. The van der Waals surface area contributed by atoms with Gasteiger partial charge in [-0.1, -0.05) is 0 Å². The highest BCUT2D eigenvalue weighted by Gasteiger charge is 2.31. The Morgan fingerprint density at radius 2 is 2.05 bits per heavy atom. The van der Waals surface area contributed by atoms with Crippen molar-refractivity contribution in [3.63, 3.8) is 0 Å². The van der Waals surface area contributed by atoms with Crippen LogP contribution in [0.3, 0.4) is 0 Å². The predicted molar refractivity (Wildman–Crippen MR) is 68.2 cm³/mol. The van der Waals surface area contributed by atoms with Crippen LogP contribution in [-0.2, 0) is 9.59 Å². The van der Waals surface area contributed by atoms with Gasteiger partial charge in [0.2, 0.25) is 23.5 Å². The zero-order chi connectivity index (χ0) is 14.7. The van der Waals surface area contributed by atoms with Gasteiger partial charge in [-0.25, -0.2) is 9.97 Å². The third-order valence-corrected chi connectivity index (χ3v) is 2.58. The highest BCUT2D eigenvalue weighted by molar-refractivity contribution is 6.03. The maximum atomic E-state index is 11.3. The van der Waals surface area contributed by atoms with E-state index < -0.39 is 16.7 Å². The van der Waals surface area contributed by atoms with Crippen LogP contribution >= 0.6 is 0 Å². The molecule has 1 aromatic rings. The number of anilines is 2. The molecule has 0 aromatic carbocycles. The Balaban J connectivity index is 2.44. The van der Waals surface area contributed by atoms with E-state index in [1.54, 1.807) is 6.92 Å². The maximum absolute atomic E-state index is 11.3. The molecule has 10 heteroatoms. The Labute approximate surface area is 113 Å². The summed E-state index contributed by atoms with van der Waals surface area (Å²) in [4.78, 5) is 42.2. The van der Waals surface area contributed by atoms with Crippen LogP contribution in [0.2, 0.25) is 0 Å². The zero-order valence-electron chi connectivity index (χ0n) is 10.6. The zero-order valence-corrected chi connectivity index (χ0v) is 10.6. The summed E-state index contributed by atoms with van der Waals surface area (Å²) < 4.78 is 0. The van der Waals surface area contributed by atoms with Gasteiger partial charge >= 0.3 is 5.69 Å². The molecule has 0 aliphatic carbocycles. The number of carbonyl (C=O) groups is 2. The maximum Gasteiger partial charge on any atom is 0.353 e. The quantitative estimate of drug-likeness (QED) is 0.419. The van der Waals surface area contributed by atoms with Gasteiger partial charge in [0.15, 0.2) is 0 Å². The smallest absolute Gasteiger partial charge is 0.353 e. The SMILES string of the molecule is CCNc1ncnc(N2CC(=O)NC(=O)C2)c1[N+](=O)[O-]. The lowest BCUT2D eigenvalue weighted by Gasteiger charge is -2.26. The summed E-state index contributed by atoms with van der Waals surface area (Å²) in [5.74, 6) is -1.05. The normalized spacial score (nSPS) is 14.9. The largest absolute Gasteiger partial charge is 0.364 e. The van der Waals surface area contributed by atoms with Crippen molar-refractivity contribution in [1.82, 2.24) is 15.3 Å². The Bertz CT molecular complexity index is 559. The van der Waals surface area contributed by atoms with E-state index in [0.717, 1.165) is 6.33 Å². The van der Waals surface area contributed by atoms with Crippen molar-refractivity contribution in [1.29, 1.82) is 0 Å². The molecule has 2 rings (SSSR count). The van der Waals surface area contributed by atoms with Crippen LogP contribution in [0, 0.1) is 10.1 Å². The summed E-state index contributed by atoms with van der Waals surface area (Å²) in [7, 11) is 0. The molecule has 2 heterocycles. The lowest BCUT2D eigenvalue weighted by Crippen LogP contribution is -2.52. The summed E-state index contributed by atoms with van der Waals surface area (Å²) in [5.41, 5.74) is -0.350. The van der Waals surface area contributed by atoms with Gasteiger partial charge in [-0.05, 0) is 6.92 Å². The van der Waals surface area contributed by atoms with E-state index in [0.29, 0.717) is 6.54 Å². The number of piperazine rings is 1. The predicted octanol–water partition coefficient (Wildman–Crippen LogP) is -0.721. The molecule has 1 aliphatic rings.